The summed E-state index contributed by atoms with van der Waals surface area (Å²) in [6.07, 6.45) is 4.36. The smallest absolute Gasteiger partial charge is 0.251 e. The second kappa shape index (κ2) is 7.20. The summed E-state index contributed by atoms with van der Waals surface area (Å²) >= 11 is 0. The van der Waals surface area contributed by atoms with E-state index in [0.29, 0.717) is 17.5 Å². The molecule has 1 heterocycles. The molecule has 0 unspecified atom stereocenters. The van der Waals surface area contributed by atoms with Crippen molar-refractivity contribution < 1.29 is 9.59 Å². The van der Waals surface area contributed by atoms with Crippen molar-refractivity contribution in [3.8, 4) is 0 Å². The Bertz CT molecular complexity index is 462. The maximum atomic E-state index is 12.1. The summed E-state index contributed by atoms with van der Waals surface area (Å²) in [4.78, 5) is 25.9. The minimum absolute atomic E-state index is 0.127. The quantitative estimate of drug-likeness (QED) is 0.837. The molecule has 0 aliphatic carbocycles. The number of amides is 1. The molecule has 1 aliphatic heterocycles. The van der Waals surface area contributed by atoms with E-state index in [-0.39, 0.29) is 11.7 Å². The summed E-state index contributed by atoms with van der Waals surface area (Å²) in [6.45, 7) is 3.07. The molecule has 1 fully saturated rings. The van der Waals surface area contributed by atoms with E-state index in [1.54, 1.807) is 31.3 Å². The van der Waals surface area contributed by atoms with Gasteiger partial charge in [0.15, 0.2) is 5.78 Å². The molecule has 0 bridgehead atoms. The molecule has 0 radical (unpaired) electrons. The van der Waals surface area contributed by atoms with Crippen molar-refractivity contribution in [3.63, 3.8) is 0 Å². The van der Waals surface area contributed by atoms with Crippen LogP contribution in [0.15, 0.2) is 24.3 Å². The Kier molecular flexibility index (Phi) is 5.30. The molecular weight excluding hydrogens is 252 g/mol. The number of benzene rings is 1. The van der Waals surface area contributed by atoms with Gasteiger partial charge in [0.1, 0.15) is 0 Å². The first-order valence-electron chi connectivity index (χ1n) is 7.28. The SMILES string of the molecule is CNC(=O)c1ccc(C(=O)CCN2CCCCC2)cc1. The van der Waals surface area contributed by atoms with Gasteiger partial charge in [-0.15, -0.1) is 0 Å². The fourth-order valence-corrected chi connectivity index (χ4v) is 2.54. The second-order valence-electron chi connectivity index (χ2n) is 5.23. The van der Waals surface area contributed by atoms with Crippen molar-refractivity contribution in [1.82, 2.24) is 10.2 Å². The van der Waals surface area contributed by atoms with E-state index in [2.05, 4.69) is 10.2 Å². The summed E-state index contributed by atoms with van der Waals surface area (Å²) in [6, 6.07) is 6.88. The molecule has 0 atom stereocenters. The van der Waals surface area contributed by atoms with E-state index >= 15 is 0 Å². The van der Waals surface area contributed by atoms with Gasteiger partial charge in [0.2, 0.25) is 0 Å². The van der Waals surface area contributed by atoms with E-state index in [0.717, 1.165) is 19.6 Å². The Labute approximate surface area is 120 Å². The van der Waals surface area contributed by atoms with E-state index in [1.807, 2.05) is 0 Å². The largest absolute Gasteiger partial charge is 0.355 e. The average Bonchev–Trinajstić information content (AvgIpc) is 2.53. The fourth-order valence-electron chi connectivity index (χ4n) is 2.54. The molecule has 0 spiro atoms. The van der Waals surface area contributed by atoms with Crippen molar-refractivity contribution in [3.05, 3.63) is 35.4 Å². The van der Waals surface area contributed by atoms with Gasteiger partial charge in [0.25, 0.3) is 5.91 Å². The monoisotopic (exact) mass is 274 g/mol. The van der Waals surface area contributed by atoms with Gasteiger partial charge in [0, 0.05) is 31.1 Å². The third-order valence-corrected chi connectivity index (χ3v) is 3.80. The highest BCUT2D eigenvalue weighted by Gasteiger charge is 2.13. The predicted molar refractivity (Wildman–Crippen MR) is 79.1 cm³/mol. The summed E-state index contributed by atoms with van der Waals surface area (Å²) in [7, 11) is 1.60. The summed E-state index contributed by atoms with van der Waals surface area (Å²) in [5.41, 5.74) is 1.27. The van der Waals surface area contributed by atoms with Crippen molar-refractivity contribution in [1.29, 1.82) is 0 Å². The Morgan fingerprint density at radius 2 is 1.65 bits per heavy atom. The number of hydrogen-bond acceptors (Lipinski definition) is 3. The fraction of sp³-hybridized carbons (Fsp3) is 0.500. The number of carbonyl (C=O) groups is 2. The molecule has 1 aliphatic rings. The molecule has 1 aromatic carbocycles. The topological polar surface area (TPSA) is 49.4 Å². The maximum absolute atomic E-state index is 12.1. The first-order chi connectivity index (χ1) is 9.70. The molecule has 0 saturated carbocycles. The standard InChI is InChI=1S/C16H22N2O2/c1-17-16(20)14-7-5-13(6-8-14)15(19)9-12-18-10-3-2-4-11-18/h5-8H,2-4,9-12H2,1H3,(H,17,20). The normalized spacial score (nSPS) is 15.8. The molecule has 1 amide bonds. The number of piperidine rings is 1. The minimum atomic E-state index is -0.127. The summed E-state index contributed by atoms with van der Waals surface area (Å²) in [5.74, 6) is 0.0244. The molecule has 1 N–H and O–H groups in total. The third kappa shape index (κ3) is 3.90. The van der Waals surface area contributed by atoms with Gasteiger partial charge >= 0.3 is 0 Å². The number of nitrogens with one attached hydrogen (secondary N) is 1. The third-order valence-electron chi connectivity index (χ3n) is 3.80. The first kappa shape index (κ1) is 14.7. The predicted octanol–water partition coefficient (Wildman–Crippen LogP) is 2.10. The van der Waals surface area contributed by atoms with Crippen molar-refractivity contribution in [2.75, 3.05) is 26.7 Å². The first-order valence-corrected chi connectivity index (χ1v) is 7.28. The van der Waals surface area contributed by atoms with Crippen molar-refractivity contribution >= 4 is 11.7 Å². The van der Waals surface area contributed by atoms with E-state index in [1.165, 1.54) is 19.3 Å². The second-order valence-corrected chi connectivity index (χ2v) is 5.23. The van der Waals surface area contributed by atoms with Crippen LogP contribution in [0.25, 0.3) is 0 Å². The van der Waals surface area contributed by atoms with Crippen LogP contribution in [-0.2, 0) is 0 Å². The zero-order valence-corrected chi connectivity index (χ0v) is 12.0. The Hall–Kier alpha value is -1.68. The van der Waals surface area contributed by atoms with Gasteiger partial charge in [-0.1, -0.05) is 18.6 Å². The average molecular weight is 274 g/mol. The highest BCUT2D eigenvalue weighted by Crippen LogP contribution is 2.11. The van der Waals surface area contributed by atoms with Gasteiger partial charge < -0.3 is 10.2 Å². The Balaban J connectivity index is 1.87. The summed E-state index contributed by atoms with van der Waals surface area (Å²) < 4.78 is 0. The van der Waals surface area contributed by atoms with Crippen LogP contribution in [0.2, 0.25) is 0 Å². The lowest BCUT2D eigenvalue weighted by Crippen LogP contribution is -2.31. The van der Waals surface area contributed by atoms with E-state index in [9.17, 15) is 9.59 Å². The van der Waals surface area contributed by atoms with Gasteiger partial charge in [-0.3, -0.25) is 9.59 Å². The van der Waals surface area contributed by atoms with Crippen molar-refractivity contribution in [2.24, 2.45) is 0 Å². The molecule has 4 nitrogen and oxygen atoms in total. The van der Waals surface area contributed by atoms with Crippen LogP contribution in [0.1, 0.15) is 46.4 Å². The molecule has 0 aromatic heterocycles. The van der Waals surface area contributed by atoms with Crippen LogP contribution >= 0.6 is 0 Å². The van der Waals surface area contributed by atoms with Crippen LogP contribution in [-0.4, -0.2) is 43.3 Å². The van der Waals surface area contributed by atoms with Crippen molar-refractivity contribution in [2.45, 2.75) is 25.7 Å². The number of carbonyl (C=O) groups excluding carboxylic acids is 2. The maximum Gasteiger partial charge on any atom is 0.251 e. The molecule has 20 heavy (non-hydrogen) atoms. The number of rotatable bonds is 5. The molecule has 1 saturated heterocycles. The number of hydrogen-bond donors (Lipinski definition) is 1. The number of nitrogens with zero attached hydrogens (tertiary/aromatic N) is 1. The number of ketones is 1. The Morgan fingerprint density at radius 3 is 2.25 bits per heavy atom. The van der Waals surface area contributed by atoms with Gasteiger partial charge in [-0.2, -0.15) is 0 Å². The zero-order valence-electron chi connectivity index (χ0n) is 12.0. The van der Waals surface area contributed by atoms with Crippen LogP contribution < -0.4 is 5.32 Å². The number of likely N-dealkylation sites (tertiary alicyclic amines) is 1. The van der Waals surface area contributed by atoms with Gasteiger partial charge in [-0.05, 0) is 38.1 Å². The minimum Gasteiger partial charge on any atom is -0.355 e. The lowest BCUT2D eigenvalue weighted by Gasteiger charge is -2.25. The van der Waals surface area contributed by atoms with Gasteiger partial charge in [0.05, 0.1) is 0 Å². The van der Waals surface area contributed by atoms with Gasteiger partial charge in [-0.25, -0.2) is 0 Å². The lowest BCUT2D eigenvalue weighted by molar-refractivity contribution is 0.0949. The molecule has 2 rings (SSSR count). The van der Waals surface area contributed by atoms with E-state index < -0.39 is 0 Å². The van der Waals surface area contributed by atoms with Crippen LogP contribution in [0.3, 0.4) is 0 Å². The highest BCUT2D eigenvalue weighted by molar-refractivity contribution is 5.98. The Morgan fingerprint density at radius 1 is 1.05 bits per heavy atom. The van der Waals surface area contributed by atoms with Crippen LogP contribution in [0.4, 0.5) is 0 Å². The molecular formula is C16H22N2O2. The number of Topliss-reactive ketones (excluding diaryl/α,β-unsaturated/α-hetero) is 1. The molecule has 1 aromatic rings. The molecule has 108 valence electrons. The lowest BCUT2D eigenvalue weighted by atomic mass is 10.0. The van der Waals surface area contributed by atoms with Crippen LogP contribution in [0.5, 0.6) is 0 Å². The molecule has 4 heteroatoms. The zero-order chi connectivity index (χ0) is 14.4. The highest BCUT2D eigenvalue weighted by atomic mass is 16.1. The van der Waals surface area contributed by atoms with E-state index in [4.69, 9.17) is 0 Å². The summed E-state index contributed by atoms with van der Waals surface area (Å²) in [5, 5.41) is 2.57. The van der Waals surface area contributed by atoms with Crippen LogP contribution in [0, 0.1) is 0 Å².